The lowest BCUT2D eigenvalue weighted by molar-refractivity contribution is -0.153. The van der Waals surface area contributed by atoms with Gasteiger partial charge in [0.2, 0.25) is 0 Å². The van der Waals surface area contributed by atoms with Gasteiger partial charge in [-0.25, -0.2) is 0 Å². The van der Waals surface area contributed by atoms with E-state index >= 15 is 0 Å². The van der Waals surface area contributed by atoms with Crippen molar-refractivity contribution in [3.05, 3.63) is 77.0 Å². The summed E-state index contributed by atoms with van der Waals surface area (Å²) in [4.78, 5) is 34.4. The number of Topliss-reactive ketones (excluding diaryl/α,β-unsaturated/α-hetero) is 1. The van der Waals surface area contributed by atoms with E-state index in [1.807, 2.05) is 44.1 Å². The lowest BCUT2D eigenvalue weighted by Crippen LogP contribution is -2.39. The molecule has 1 unspecified atom stereocenters. The Bertz CT molecular complexity index is 1170. The molecule has 36 heavy (non-hydrogen) atoms. The average Bonchev–Trinajstić information content (AvgIpc) is 2.89. The van der Waals surface area contributed by atoms with E-state index < -0.39 is 5.92 Å². The second-order valence-corrected chi connectivity index (χ2v) is 10.7. The van der Waals surface area contributed by atoms with Crippen molar-refractivity contribution >= 4 is 23.2 Å². The largest absolute Gasteiger partial charge is 0.462 e. The molecule has 1 aliphatic heterocycles. The van der Waals surface area contributed by atoms with Gasteiger partial charge in [0.05, 0.1) is 0 Å². The predicted molar refractivity (Wildman–Crippen MR) is 144 cm³/mol. The van der Waals surface area contributed by atoms with Gasteiger partial charge in [-0.2, -0.15) is 0 Å². The van der Waals surface area contributed by atoms with Crippen molar-refractivity contribution in [1.82, 2.24) is 0 Å². The van der Waals surface area contributed by atoms with Crippen molar-refractivity contribution in [2.45, 2.75) is 69.8 Å². The Morgan fingerprint density at radius 2 is 1.61 bits per heavy atom. The Morgan fingerprint density at radius 3 is 2.28 bits per heavy atom. The lowest BCUT2D eigenvalue weighted by atomic mass is 9.69. The molecular weight excluding hydrogens is 448 g/mol. The minimum absolute atomic E-state index is 0.0317. The van der Waals surface area contributed by atoms with E-state index in [4.69, 9.17) is 9.73 Å². The summed E-state index contributed by atoms with van der Waals surface area (Å²) in [5.74, 6) is -0.980. The fraction of sp³-hybridized carbons (Fsp3) is 0.452. The molecule has 0 amide bonds. The third-order valence-corrected chi connectivity index (χ3v) is 8.02. The standard InChI is InChI=1S/C31H36N2O3/c1-20-28(31(35)36-25-12-8-5-9-13-25)29(22-14-16-24(17-15-22)33(2)3)30-26(32-20)18-23(19-27(30)34)21-10-6-4-7-11-21/h4,6-7,10-11,14-17,23,25,28-29H,5,8-9,12-13,18-19H2,1-3H3/t23-,28?,29-/m1/s1. The molecule has 188 valence electrons. The number of aliphatic imine (C=N–C) groups is 1. The molecule has 0 radical (unpaired) electrons. The highest BCUT2D eigenvalue weighted by Crippen LogP contribution is 2.47. The molecule has 2 aromatic carbocycles. The van der Waals surface area contributed by atoms with Crippen LogP contribution in [-0.4, -0.2) is 37.7 Å². The Labute approximate surface area is 214 Å². The van der Waals surface area contributed by atoms with Crippen LogP contribution in [0.4, 0.5) is 5.69 Å². The Hall–Kier alpha value is -3.21. The Balaban J connectivity index is 1.53. The van der Waals surface area contributed by atoms with Crippen molar-refractivity contribution in [1.29, 1.82) is 0 Å². The van der Waals surface area contributed by atoms with E-state index in [1.165, 1.54) is 6.42 Å². The first kappa shape index (κ1) is 24.5. The molecule has 3 atom stereocenters. The van der Waals surface area contributed by atoms with Gasteiger partial charge in [-0.15, -0.1) is 0 Å². The number of anilines is 1. The zero-order valence-electron chi connectivity index (χ0n) is 21.6. The maximum atomic E-state index is 13.7. The van der Waals surface area contributed by atoms with Crippen LogP contribution in [-0.2, 0) is 14.3 Å². The van der Waals surface area contributed by atoms with Crippen LogP contribution in [0.2, 0.25) is 0 Å². The lowest BCUT2D eigenvalue weighted by Gasteiger charge is -2.37. The molecule has 5 rings (SSSR count). The van der Waals surface area contributed by atoms with Crippen LogP contribution in [0.3, 0.4) is 0 Å². The van der Waals surface area contributed by atoms with E-state index in [0.29, 0.717) is 18.4 Å². The molecule has 5 heteroatoms. The zero-order chi connectivity index (χ0) is 25.2. The molecular formula is C31H36N2O3. The fourth-order valence-corrected chi connectivity index (χ4v) is 6.09. The maximum Gasteiger partial charge on any atom is 0.315 e. The van der Waals surface area contributed by atoms with Crippen LogP contribution in [0.25, 0.3) is 0 Å². The first-order valence-electron chi connectivity index (χ1n) is 13.3. The van der Waals surface area contributed by atoms with Gasteiger partial charge in [0.15, 0.2) is 5.78 Å². The van der Waals surface area contributed by atoms with Crippen LogP contribution in [0, 0.1) is 5.92 Å². The molecule has 0 N–H and O–H groups in total. The molecule has 5 nitrogen and oxygen atoms in total. The van der Waals surface area contributed by atoms with Gasteiger partial charge in [-0.1, -0.05) is 48.9 Å². The quantitative estimate of drug-likeness (QED) is 0.474. The SMILES string of the molecule is CC1=NC2=C(C(=O)C[C@H](c3ccccc3)C2)[C@H](c2ccc(N(C)C)cc2)C1C(=O)OC1CCCCC1. The summed E-state index contributed by atoms with van der Waals surface area (Å²) < 4.78 is 6.06. The number of hydrogen-bond acceptors (Lipinski definition) is 5. The smallest absolute Gasteiger partial charge is 0.315 e. The number of carbonyl (C=O) groups is 2. The van der Waals surface area contributed by atoms with Crippen molar-refractivity contribution in [3.8, 4) is 0 Å². The minimum Gasteiger partial charge on any atom is -0.462 e. The van der Waals surface area contributed by atoms with Crippen molar-refractivity contribution in [3.63, 3.8) is 0 Å². The number of ether oxygens (including phenoxy) is 1. The van der Waals surface area contributed by atoms with E-state index in [1.54, 1.807) is 0 Å². The molecule has 2 aliphatic carbocycles. The monoisotopic (exact) mass is 484 g/mol. The first-order valence-corrected chi connectivity index (χ1v) is 13.3. The topological polar surface area (TPSA) is 59.0 Å². The van der Waals surface area contributed by atoms with Crippen LogP contribution in [0.1, 0.15) is 74.8 Å². The number of esters is 1. The number of allylic oxidation sites excluding steroid dienone is 2. The number of ketones is 1. The molecule has 1 fully saturated rings. The van der Waals surface area contributed by atoms with Gasteiger partial charge in [-0.05, 0) is 68.2 Å². The second kappa shape index (κ2) is 10.4. The highest BCUT2D eigenvalue weighted by atomic mass is 16.5. The van der Waals surface area contributed by atoms with Crippen LogP contribution in [0.5, 0.6) is 0 Å². The summed E-state index contributed by atoms with van der Waals surface area (Å²) in [5.41, 5.74) is 5.50. The van der Waals surface area contributed by atoms with Crippen LogP contribution < -0.4 is 4.90 Å². The molecule has 0 aromatic heterocycles. The van der Waals surface area contributed by atoms with Crippen molar-refractivity contribution in [2.75, 3.05) is 19.0 Å². The summed E-state index contributed by atoms with van der Waals surface area (Å²) in [6.45, 7) is 1.92. The average molecular weight is 485 g/mol. The van der Waals surface area contributed by atoms with Gasteiger partial charge >= 0.3 is 5.97 Å². The summed E-state index contributed by atoms with van der Waals surface area (Å²) in [6, 6.07) is 18.4. The fourth-order valence-electron chi connectivity index (χ4n) is 6.09. The van der Waals surface area contributed by atoms with Gasteiger partial charge in [-0.3, -0.25) is 14.6 Å². The maximum absolute atomic E-state index is 13.7. The number of nitrogens with zero attached hydrogens (tertiary/aromatic N) is 2. The molecule has 0 spiro atoms. The van der Waals surface area contributed by atoms with Crippen LogP contribution >= 0.6 is 0 Å². The van der Waals surface area contributed by atoms with E-state index in [-0.39, 0.29) is 29.7 Å². The second-order valence-electron chi connectivity index (χ2n) is 10.7. The summed E-state index contributed by atoms with van der Waals surface area (Å²) in [6.07, 6.45) is 6.35. The van der Waals surface area contributed by atoms with Gasteiger partial charge < -0.3 is 9.64 Å². The summed E-state index contributed by atoms with van der Waals surface area (Å²) >= 11 is 0. The molecule has 3 aliphatic rings. The third kappa shape index (κ3) is 4.88. The Kier molecular flexibility index (Phi) is 7.08. The summed E-state index contributed by atoms with van der Waals surface area (Å²) in [7, 11) is 4.01. The van der Waals surface area contributed by atoms with Crippen molar-refractivity contribution in [2.24, 2.45) is 10.9 Å². The van der Waals surface area contributed by atoms with E-state index in [2.05, 4.69) is 36.4 Å². The van der Waals surface area contributed by atoms with Crippen molar-refractivity contribution < 1.29 is 14.3 Å². The highest BCUT2D eigenvalue weighted by Gasteiger charge is 2.45. The third-order valence-electron chi connectivity index (χ3n) is 8.02. The predicted octanol–water partition coefficient (Wildman–Crippen LogP) is 6.20. The normalized spacial score (nSPS) is 24.7. The number of rotatable bonds is 5. The minimum atomic E-state index is -0.576. The van der Waals surface area contributed by atoms with E-state index in [9.17, 15) is 9.59 Å². The van der Waals surface area contributed by atoms with Gasteiger partial charge in [0.1, 0.15) is 12.0 Å². The van der Waals surface area contributed by atoms with Gasteiger partial charge in [0.25, 0.3) is 0 Å². The molecule has 0 saturated heterocycles. The van der Waals surface area contributed by atoms with E-state index in [0.717, 1.165) is 53.9 Å². The number of benzene rings is 2. The molecule has 0 bridgehead atoms. The van der Waals surface area contributed by atoms with Crippen LogP contribution in [0.15, 0.2) is 70.9 Å². The number of hydrogen-bond donors (Lipinski definition) is 0. The molecule has 1 heterocycles. The highest BCUT2D eigenvalue weighted by molar-refractivity contribution is 6.09. The number of carbonyl (C=O) groups excluding carboxylic acids is 2. The first-order chi connectivity index (χ1) is 17.4. The summed E-state index contributed by atoms with van der Waals surface area (Å²) in [5, 5.41) is 0. The molecule has 2 aromatic rings. The zero-order valence-corrected chi connectivity index (χ0v) is 21.6. The molecule has 1 saturated carbocycles. The van der Waals surface area contributed by atoms with Gasteiger partial charge in [0, 0.05) is 49.1 Å². The Morgan fingerprint density at radius 1 is 0.917 bits per heavy atom.